The fourth-order valence-corrected chi connectivity index (χ4v) is 2.51. The highest BCUT2D eigenvalue weighted by molar-refractivity contribution is 5.99. The van der Waals surface area contributed by atoms with Gasteiger partial charge in [0, 0.05) is 25.0 Å². The Morgan fingerprint density at radius 3 is 2.68 bits per heavy atom. The number of carbonyl (C=O) groups excluding carboxylic acids is 1. The fourth-order valence-electron chi connectivity index (χ4n) is 2.51. The van der Waals surface area contributed by atoms with E-state index in [2.05, 4.69) is 31.5 Å². The van der Waals surface area contributed by atoms with Crippen LogP contribution in [0.15, 0.2) is 59.6 Å². The summed E-state index contributed by atoms with van der Waals surface area (Å²) in [6.07, 6.45) is 7.28. The van der Waals surface area contributed by atoms with E-state index in [0.717, 1.165) is 25.0 Å². The number of unbranched alkanes of at least 4 members (excludes halogenated alkanes) is 1. The van der Waals surface area contributed by atoms with Gasteiger partial charge in [0.15, 0.2) is 0 Å². The van der Waals surface area contributed by atoms with Crippen LogP contribution in [0.25, 0.3) is 0 Å². The van der Waals surface area contributed by atoms with E-state index in [1.807, 2.05) is 19.0 Å². The Morgan fingerprint density at radius 1 is 1.48 bits per heavy atom. The summed E-state index contributed by atoms with van der Waals surface area (Å²) >= 11 is 0. The fraction of sp³-hybridized carbons (Fsp3) is 0.400. The normalized spacial score (nSPS) is 14.8. The number of carbonyl (C=O) groups is 1. The molecule has 1 heterocycles. The molecule has 0 spiro atoms. The number of rotatable bonds is 8. The van der Waals surface area contributed by atoms with Gasteiger partial charge >= 0.3 is 0 Å². The molecule has 0 atom stereocenters. The van der Waals surface area contributed by atoms with Crippen LogP contribution in [-0.4, -0.2) is 42.9 Å². The van der Waals surface area contributed by atoms with Gasteiger partial charge in [0.25, 0.3) is 5.91 Å². The smallest absolute Gasteiger partial charge is 0.264 e. The number of nitriles is 1. The second-order valence-corrected chi connectivity index (χ2v) is 6.15. The molecule has 5 nitrogen and oxygen atoms in total. The van der Waals surface area contributed by atoms with Crippen LogP contribution in [0.1, 0.15) is 26.7 Å². The number of nitrogens with zero attached hydrogens (tertiary/aromatic N) is 3. The van der Waals surface area contributed by atoms with E-state index >= 15 is 0 Å². The summed E-state index contributed by atoms with van der Waals surface area (Å²) in [7, 11) is 3.86. The minimum atomic E-state index is -0.241. The summed E-state index contributed by atoms with van der Waals surface area (Å²) in [5, 5.41) is 12.7. The standard InChI is InChI=1S/C20H28N4O/c1-7-9-11-22-15(3)18(8-2)20(25)24-12-10-17(14-23(5)6)19(13-21)16(24)4/h8,10,12,22H,3-4,7,9,11,14H2,1-2,5-6H3/b18-8-. The average Bonchev–Trinajstić information content (AvgIpc) is 2.55. The van der Waals surface area contributed by atoms with Crippen LogP contribution < -0.4 is 5.32 Å². The topological polar surface area (TPSA) is 59.4 Å². The summed E-state index contributed by atoms with van der Waals surface area (Å²) in [5.41, 5.74) is 2.75. The molecule has 1 rings (SSSR count). The maximum Gasteiger partial charge on any atom is 0.264 e. The minimum Gasteiger partial charge on any atom is -0.385 e. The number of amides is 1. The summed E-state index contributed by atoms with van der Waals surface area (Å²) in [6, 6.07) is 2.17. The predicted molar refractivity (Wildman–Crippen MR) is 102 cm³/mol. The lowest BCUT2D eigenvalue weighted by Crippen LogP contribution is -2.32. The number of allylic oxidation sites excluding steroid dienone is 2. The van der Waals surface area contributed by atoms with E-state index < -0.39 is 0 Å². The number of hydrogen-bond acceptors (Lipinski definition) is 4. The number of likely N-dealkylation sites (N-methyl/N-ethyl adjacent to an activating group) is 1. The van der Waals surface area contributed by atoms with Gasteiger partial charge in [0.2, 0.25) is 0 Å². The van der Waals surface area contributed by atoms with E-state index in [1.54, 1.807) is 25.3 Å². The zero-order valence-electron chi connectivity index (χ0n) is 15.7. The van der Waals surface area contributed by atoms with Gasteiger partial charge in [0.05, 0.1) is 16.8 Å². The third-order valence-electron chi connectivity index (χ3n) is 3.86. The van der Waals surface area contributed by atoms with Crippen molar-refractivity contribution in [2.24, 2.45) is 0 Å². The lowest BCUT2D eigenvalue weighted by atomic mass is 10.0. The first-order valence-electron chi connectivity index (χ1n) is 8.45. The lowest BCUT2D eigenvalue weighted by Gasteiger charge is -2.27. The molecule has 25 heavy (non-hydrogen) atoms. The highest BCUT2D eigenvalue weighted by Gasteiger charge is 2.26. The quantitative estimate of drug-likeness (QED) is 0.419. The Morgan fingerprint density at radius 2 is 2.16 bits per heavy atom. The highest BCUT2D eigenvalue weighted by Crippen LogP contribution is 2.26. The van der Waals surface area contributed by atoms with Crippen LogP contribution in [0.4, 0.5) is 0 Å². The van der Waals surface area contributed by atoms with Crippen LogP contribution in [0, 0.1) is 11.3 Å². The SMILES string of the molecule is C=C(NCCCC)/C(=C/C)C(=O)N1C=CC(CN(C)C)=C(C#N)C1=C. The Balaban J connectivity index is 2.98. The molecule has 1 aliphatic heterocycles. The maximum absolute atomic E-state index is 12.9. The van der Waals surface area contributed by atoms with Crippen LogP contribution in [0.5, 0.6) is 0 Å². The average molecular weight is 340 g/mol. The van der Waals surface area contributed by atoms with Gasteiger partial charge in [-0.15, -0.1) is 0 Å². The van der Waals surface area contributed by atoms with Gasteiger partial charge in [-0.2, -0.15) is 5.26 Å². The Labute approximate surface area is 151 Å². The van der Waals surface area contributed by atoms with Crippen molar-refractivity contribution in [1.82, 2.24) is 15.1 Å². The summed E-state index contributed by atoms with van der Waals surface area (Å²) in [5.74, 6) is -0.241. The number of nitrogens with one attached hydrogen (secondary N) is 1. The molecular formula is C20H28N4O. The molecule has 0 aromatic rings. The largest absolute Gasteiger partial charge is 0.385 e. The van der Waals surface area contributed by atoms with Gasteiger partial charge in [-0.25, -0.2) is 0 Å². The first-order valence-corrected chi connectivity index (χ1v) is 8.45. The second-order valence-electron chi connectivity index (χ2n) is 6.15. The molecule has 0 aromatic carbocycles. The van der Waals surface area contributed by atoms with Crippen molar-refractivity contribution in [3.63, 3.8) is 0 Å². The van der Waals surface area contributed by atoms with E-state index in [1.165, 1.54) is 4.90 Å². The van der Waals surface area contributed by atoms with Crippen LogP contribution in [-0.2, 0) is 4.79 Å². The first-order chi connectivity index (χ1) is 11.9. The second kappa shape index (κ2) is 9.65. The van der Waals surface area contributed by atoms with Crippen molar-refractivity contribution >= 4 is 5.91 Å². The van der Waals surface area contributed by atoms with Crippen molar-refractivity contribution in [3.05, 3.63) is 59.6 Å². The molecule has 0 saturated carbocycles. The van der Waals surface area contributed by atoms with E-state index in [9.17, 15) is 10.1 Å². The third kappa shape index (κ3) is 5.20. The van der Waals surface area contributed by atoms with Crippen LogP contribution in [0.2, 0.25) is 0 Å². The molecular weight excluding hydrogens is 312 g/mol. The highest BCUT2D eigenvalue weighted by atomic mass is 16.2. The lowest BCUT2D eigenvalue weighted by molar-refractivity contribution is -0.122. The molecule has 134 valence electrons. The Hall–Kier alpha value is -2.58. The zero-order chi connectivity index (χ0) is 19.0. The van der Waals surface area contributed by atoms with Crippen LogP contribution >= 0.6 is 0 Å². The molecule has 0 radical (unpaired) electrons. The van der Waals surface area contributed by atoms with Crippen molar-refractivity contribution in [1.29, 1.82) is 5.26 Å². The third-order valence-corrected chi connectivity index (χ3v) is 3.86. The molecule has 1 aliphatic rings. The van der Waals surface area contributed by atoms with E-state index in [4.69, 9.17) is 0 Å². The Kier molecular flexibility index (Phi) is 7.90. The van der Waals surface area contributed by atoms with Crippen molar-refractivity contribution in [2.45, 2.75) is 26.7 Å². The van der Waals surface area contributed by atoms with Crippen molar-refractivity contribution in [3.8, 4) is 6.07 Å². The molecule has 0 unspecified atom stereocenters. The molecule has 0 aromatic heterocycles. The van der Waals surface area contributed by atoms with Gasteiger partial charge < -0.3 is 10.2 Å². The molecule has 0 fully saturated rings. The minimum absolute atomic E-state index is 0.241. The van der Waals surface area contributed by atoms with Gasteiger partial charge in [-0.05, 0) is 39.1 Å². The van der Waals surface area contributed by atoms with Gasteiger partial charge in [0.1, 0.15) is 6.07 Å². The molecule has 0 bridgehead atoms. The summed E-state index contributed by atoms with van der Waals surface area (Å²) < 4.78 is 0. The maximum atomic E-state index is 12.9. The Bertz CT molecular complexity index is 674. The molecule has 0 saturated heterocycles. The van der Waals surface area contributed by atoms with Crippen LogP contribution in [0.3, 0.4) is 0 Å². The van der Waals surface area contributed by atoms with Crippen molar-refractivity contribution in [2.75, 3.05) is 27.2 Å². The first kappa shape index (κ1) is 20.5. The molecule has 0 aliphatic carbocycles. The van der Waals surface area contributed by atoms with Gasteiger partial charge in [-0.3, -0.25) is 9.69 Å². The monoisotopic (exact) mass is 340 g/mol. The number of hydrogen-bond donors (Lipinski definition) is 1. The summed E-state index contributed by atoms with van der Waals surface area (Å²) in [6.45, 7) is 13.2. The summed E-state index contributed by atoms with van der Waals surface area (Å²) in [4.78, 5) is 16.3. The van der Waals surface area contributed by atoms with Gasteiger partial charge in [-0.1, -0.05) is 32.6 Å². The molecule has 5 heteroatoms. The van der Waals surface area contributed by atoms with E-state index in [-0.39, 0.29) is 5.91 Å². The van der Waals surface area contributed by atoms with E-state index in [0.29, 0.717) is 29.1 Å². The zero-order valence-corrected chi connectivity index (χ0v) is 15.7. The molecule has 1 N–H and O–H groups in total. The van der Waals surface area contributed by atoms with Crippen molar-refractivity contribution < 1.29 is 4.79 Å². The predicted octanol–water partition coefficient (Wildman–Crippen LogP) is 3.09. The molecule has 1 amide bonds.